The largest absolute Gasteiger partial charge is 0.451 e. The Balaban J connectivity index is 1.70. The number of rotatable bonds is 1. The van der Waals surface area contributed by atoms with Gasteiger partial charge in [0.1, 0.15) is 4.88 Å². The molecule has 1 atom stereocenters. The highest BCUT2D eigenvalue weighted by molar-refractivity contribution is 7.21. The first-order chi connectivity index (χ1) is 12.7. The summed E-state index contributed by atoms with van der Waals surface area (Å²) in [4.78, 5) is 14.9. The number of carbonyl (C=O) groups excluding carboxylic acids is 1. The standard InChI is InChI=1S/C17H14ClF3N4OS/c1-8-3-4-10-11(7-8)27-13(12(10)18)15(26)24-5-6-25-14(9(24)2)22-23-16(25)17(19,20)21/h3-4,7,9H,5-6H2,1-2H3. The first kappa shape index (κ1) is 18.2. The number of alkyl halides is 3. The molecule has 0 N–H and O–H groups in total. The summed E-state index contributed by atoms with van der Waals surface area (Å²) in [7, 11) is 0. The Morgan fingerprint density at radius 2 is 2.04 bits per heavy atom. The highest BCUT2D eigenvalue weighted by atomic mass is 35.5. The van der Waals surface area contributed by atoms with Crippen LogP contribution in [0.4, 0.5) is 13.2 Å². The van der Waals surface area contributed by atoms with Crippen molar-refractivity contribution in [2.24, 2.45) is 0 Å². The monoisotopic (exact) mass is 414 g/mol. The number of halogens is 4. The molecule has 10 heteroatoms. The molecule has 1 unspecified atom stereocenters. The van der Waals surface area contributed by atoms with Gasteiger partial charge < -0.3 is 9.47 Å². The first-order valence-corrected chi connectivity index (χ1v) is 9.38. The van der Waals surface area contributed by atoms with Crippen molar-refractivity contribution in [2.75, 3.05) is 6.54 Å². The van der Waals surface area contributed by atoms with E-state index >= 15 is 0 Å². The fraction of sp³-hybridized carbons (Fsp3) is 0.353. The van der Waals surface area contributed by atoms with Crippen molar-refractivity contribution in [3.63, 3.8) is 0 Å². The number of aromatic nitrogens is 3. The van der Waals surface area contributed by atoms with E-state index in [2.05, 4.69) is 10.2 Å². The minimum atomic E-state index is -4.58. The van der Waals surface area contributed by atoms with E-state index in [1.807, 2.05) is 25.1 Å². The fourth-order valence-corrected chi connectivity index (χ4v) is 4.88. The van der Waals surface area contributed by atoms with Crippen LogP contribution in [0.5, 0.6) is 0 Å². The van der Waals surface area contributed by atoms with Gasteiger partial charge in [0.15, 0.2) is 5.82 Å². The predicted octanol–water partition coefficient (Wildman–Crippen LogP) is 4.69. The molecular weight excluding hydrogens is 401 g/mol. The zero-order valence-electron chi connectivity index (χ0n) is 14.3. The van der Waals surface area contributed by atoms with Crippen LogP contribution in [0, 0.1) is 6.92 Å². The van der Waals surface area contributed by atoms with Crippen molar-refractivity contribution >= 4 is 38.9 Å². The van der Waals surface area contributed by atoms with Gasteiger partial charge in [0.25, 0.3) is 5.91 Å². The van der Waals surface area contributed by atoms with Crippen molar-refractivity contribution < 1.29 is 18.0 Å². The summed E-state index contributed by atoms with van der Waals surface area (Å²) in [5, 5.41) is 8.12. The SMILES string of the molecule is Cc1ccc2c(Cl)c(C(=O)N3CCn4c(nnc4C(F)(F)F)C3C)sc2c1. The van der Waals surface area contributed by atoms with Gasteiger partial charge in [0, 0.05) is 23.2 Å². The van der Waals surface area contributed by atoms with E-state index in [0.29, 0.717) is 9.90 Å². The Kier molecular flexibility index (Phi) is 4.19. The van der Waals surface area contributed by atoms with Gasteiger partial charge in [-0.05, 0) is 25.5 Å². The quantitative estimate of drug-likeness (QED) is 0.580. The van der Waals surface area contributed by atoms with Crippen LogP contribution in [-0.4, -0.2) is 32.1 Å². The molecule has 5 nitrogen and oxygen atoms in total. The molecule has 0 saturated carbocycles. The third-order valence-corrected chi connectivity index (χ3v) is 6.32. The minimum absolute atomic E-state index is 0.0190. The van der Waals surface area contributed by atoms with E-state index < -0.39 is 18.0 Å². The van der Waals surface area contributed by atoms with Gasteiger partial charge in [-0.3, -0.25) is 4.79 Å². The van der Waals surface area contributed by atoms with Crippen LogP contribution < -0.4 is 0 Å². The number of carbonyl (C=O) groups is 1. The number of amides is 1. The second kappa shape index (κ2) is 6.20. The normalized spacial score (nSPS) is 17.4. The van der Waals surface area contributed by atoms with Crippen molar-refractivity contribution in [3.05, 3.63) is 45.3 Å². The number of nitrogens with zero attached hydrogens (tertiary/aromatic N) is 4. The summed E-state index contributed by atoms with van der Waals surface area (Å²) >= 11 is 7.70. The number of benzene rings is 1. The molecule has 0 aliphatic carbocycles. The lowest BCUT2D eigenvalue weighted by molar-refractivity contribution is -0.148. The molecular formula is C17H14ClF3N4OS. The molecule has 27 heavy (non-hydrogen) atoms. The number of hydrogen-bond donors (Lipinski definition) is 0. The van der Waals surface area contributed by atoms with E-state index in [0.717, 1.165) is 20.2 Å². The summed E-state index contributed by atoms with van der Waals surface area (Å²) in [5.41, 5.74) is 1.05. The maximum absolute atomic E-state index is 13.1. The second-order valence-electron chi connectivity index (χ2n) is 6.45. The number of hydrogen-bond acceptors (Lipinski definition) is 4. The minimum Gasteiger partial charge on any atom is -0.326 e. The number of thiophene rings is 1. The lowest BCUT2D eigenvalue weighted by atomic mass is 10.1. The van der Waals surface area contributed by atoms with Crippen LogP contribution in [-0.2, 0) is 12.7 Å². The molecule has 4 rings (SSSR count). The predicted molar refractivity (Wildman–Crippen MR) is 96.0 cm³/mol. The number of aryl methyl sites for hydroxylation is 1. The van der Waals surface area contributed by atoms with Gasteiger partial charge in [-0.15, -0.1) is 21.5 Å². The Hall–Kier alpha value is -2.13. The highest BCUT2D eigenvalue weighted by Crippen LogP contribution is 2.39. The van der Waals surface area contributed by atoms with E-state index in [1.54, 1.807) is 6.92 Å². The molecule has 1 amide bonds. The van der Waals surface area contributed by atoms with E-state index in [4.69, 9.17) is 11.6 Å². The maximum atomic E-state index is 13.1. The molecule has 0 radical (unpaired) electrons. The van der Waals surface area contributed by atoms with Crippen LogP contribution in [0.15, 0.2) is 18.2 Å². The molecule has 0 spiro atoms. The molecule has 142 valence electrons. The van der Waals surface area contributed by atoms with Crippen molar-refractivity contribution in [2.45, 2.75) is 32.6 Å². The van der Waals surface area contributed by atoms with Crippen LogP contribution in [0.3, 0.4) is 0 Å². The molecule has 1 aliphatic heterocycles. The summed E-state index contributed by atoms with van der Waals surface area (Å²) in [6.07, 6.45) is -4.58. The first-order valence-electron chi connectivity index (χ1n) is 8.18. The topological polar surface area (TPSA) is 51.0 Å². The average Bonchev–Trinajstić information content (AvgIpc) is 3.16. The summed E-state index contributed by atoms with van der Waals surface area (Å²) in [6, 6.07) is 5.10. The van der Waals surface area contributed by atoms with Crippen LogP contribution in [0.25, 0.3) is 10.1 Å². The van der Waals surface area contributed by atoms with Crippen molar-refractivity contribution in [3.8, 4) is 0 Å². The molecule has 0 fully saturated rings. The van der Waals surface area contributed by atoms with Crippen LogP contribution >= 0.6 is 22.9 Å². The van der Waals surface area contributed by atoms with Gasteiger partial charge in [-0.1, -0.05) is 23.7 Å². The highest BCUT2D eigenvalue weighted by Gasteiger charge is 2.42. The number of fused-ring (bicyclic) bond motifs is 2. The third kappa shape index (κ3) is 2.89. The lowest BCUT2D eigenvalue weighted by Gasteiger charge is -2.33. The summed E-state index contributed by atoms with van der Waals surface area (Å²) in [5.74, 6) is -1.23. The van der Waals surface area contributed by atoms with Gasteiger partial charge in [-0.25, -0.2) is 0 Å². The van der Waals surface area contributed by atoms with E-state index in [-0.39, 0.29) is 24.8 Å². The van der Waals surface area contributed by atoms with E-state index in [9.17, 15) is 18.0 Å². The van der Waals surface area contributed by atoms with Crippen molar-refractivity contribution in [1.29, 1.82) is 0 Å². The molecule has 0 bridgehead atoms. The average molecular weight is 415 g/mol. The molecule has 0 saturated heterocycles. The summed E-state index contributed by atoms with van der Waals surface area (Å²) < 4.78 is 41.1. The summed E-state index contributed by atoms with van der Waals surface area (Å²) in [6.45, 7) is 3.70. The Morgan fingerprint density at radius 3 is 2.74 bits per heavy atom. The fourth-order valence-electron chi connectivity index (χ4n) is 3.31. The molecule has 3 heterocycles. The zero-order chi connectivity index (χ0) is 19.5. The Bertz CT molecular complexity index is 1060. The Morgan fingerprint density at radius 1 is 1.30 bits per heavy atom. The van der Waals surface area contributed by atoms with E-state index in [1.165, 1.54) is 16.2 Å². The maximum Gasteiger partial charge on any atom is 0.451 e. The van der Waals surface area contributed by atoms with Crippen molar-refractivity contribution in [1.82, 2.24) is 19.7 Å². The molecule has 1 aromatic carbocycles. The van der Waals surface area contributed by atoms with Gasteiger partial charge in [-0.2, -0.15) is 13.2 Å². The van der Waals surface area contributed by atoms with Gasteiger partial charge in [0.05, 0.1) is 11.1 Å². The van der Waals surface area contributed by atoms with Crippen LogP contribution in [0.2, 0.25) is 5.02 Å². The van der Waals surface area contributed by atoms with Gasteiger partial charge in [0.2, 0.25) is 5.82 Å². The molecule has 1 aliphatic rings. The smallest absolute Gasteiger partial charge is 0.326 e. The van der Waals surface area contributed by atoms with Gasteiger partial charge >= 0.3 is 6.18 Å². The zero-order valence-corrected chi connectivity index (χ0v) is 15.9. The second-order valence-corrected chi connectivity index (χ2v) is 7.88. The van der Waals surface area contributed by atoms with Crippen LogP contribution in [0.1, 0.15) is 39.8 Å². The lowest BCUT2D eigenvalue weighted by Crippen LogP contribution is -2.41. The third-order valence-electron chi connectivity index (χ3n) is 4.68. The molecule has 2 aromatic heterocycles. The molecule has 3 aromatic rings. The Labute approximate surface area is 161 Å².